The van der Waals surface area contributed by atoms with Crippen LogP contribution < -0.4 is 0 Å². The molecule has 1 saturated heterocycles. The van der Waals surface area contributed by atoms with Crippen molar-refractivity contribution in [2.24, 2.45) is 0 Å². The maximum Gasteiger partial charge on any atom is 0.222 e. The van der Waals surface area contributed by atoms with Crippen molar-refractivity contribution >= 4 is 16.9 Å². The highest BCUT2D eigenvalue weighted by atomic mass is 16.3. The third-order valence-electron chi connectivity index (χ3n) is 5.62. The molecule has 1 aliphatic rings. The lowest BCUT2D eigenvalue weighted by atomic mass is 9.85. The predicted molar refractivity (Wildman–Crippen MR) is 106 cm³/mol. The number of nitrogens with zero attached hydrogens (tertiary/aromatic N) is 1. The number of carbonyl (C=O) groups excluding carboxylic acids is 1. The third-order valence-corrected chi connectivity index (χ3v) is 5.62. The van der Waals surface area contributed by atoms with Gasteiger partial charge in [0.1, 0.15) is 5.58 Å². The van der Waals surface area contributed by atoms with Gasteiger partial charge in [-0.2, -0.15) is 0 Å². The molecule has 1 aliphatic heterocycles. The van der Waals surface area contributed by atoms with Crippen molar-refractivity contribution in [2.45, 2.75) is 38.2 Å². The monoisotopic (exact) mass is 363 g/mol. The van der Waals surface area contributed by atoms with Crippen LogP contribution in [0, 0.1) is 0 Å². The Hall–Kier alpha value is -2.59. The molecule has 4 nitrogen and oxygen atoms in total. The van der Waals surface area contributed by atoms with Crippen LogP contribution in [0.25, 0.3) is 22.1 Å². The molecule has 2 aromatic carbocycles. The van der Waals surface area contributed by atoms with Gasteiger partial charge in [-0.3, -0.25) is 4.79 Å². The number of aliphatic hydroxyl groups is 1. The summed E-state index contributed by atoms with van der Waals surface area (Å²) in [7, 11) is 0. The molecular weight excluding hydrogens is 338 g/mol. The van der Waals surface area contributed by atoms with Gasteiger partial charge in [0.15, 0.2) is 0 Å². The predicted octanol–water partition coefficient (Wildman–Crippen LogP) is 4.41. The lowest BCUT2D eigenvalue weighted by Gasteiger charge is -2.38. The number of benzene rings is 2. The molecule has 4 rings (SSSR count). The Labute approximate surface area is 159 Å². The fourth-order valence-electron chi connectivity index (χ4n) is 3.91. The Kier molecular flexibility index (Phi) is 4.75. The summed E-state index contributed by atoms with van der Waals surface area (Å²) < 4.78 is 5.40. The van der Waals surface area contributed by atoms with Gasteiger partial charge in [-0.05, 0) is 47.7 Å². The van der Waals surface area contributed by atoms with E-state index in [9.17, 15) is 9.90 Å². The molecule has 1 aromatic heterocycles. The van der Waals surface area contributed by atoms with Crippen molar-refractivity contribution in [3.8, 4) is 11.1 Å². The van der Waals surface area contributed by atoms with Crippen LogP contribution in [0.1, 0.15) is 31.7 Å². The first kappa shape index (κ1) is 17.8. The van der Waals surface area contributed by atoms with E-state index in [-0.39, 0.29) is 5.91 Å². The molecule has 4 heteroatoms. The van der Waals surface area contributed by atoms with E-state index in [2.05, 4.69) is 36.4 Å². The SMILES string of the molecule is CCC(=O)N1CCC(O)(Cc2ccc(-c3ccc4occc4c3)cc2)CC1. The van der Waals surface area contributed by atoms with Gasteiger partial charge in [-0.15, -0.1) is 0 Å². The van der Waals surface area contributed by atoms with E-state index in [4.69, 9.17) is 4.42 Å². The molecular formula is C23H25NO3. The largest absolute Gasteiger partial charge is 0.464 e. The minimum Gasteiger partial charge on any atom is -0.464 e. The average Bonchev–Trinajstić information content (AvgIpc) is 3.16. The molecule has 140 valence electrons. The molecule has 27 heavy (non-hydrogen) atoms. The van der Waals surface area contributed by atoms with Crippen molar-refractivity contribution in [2.75, 3.05) is 13.1 Å². The van der Waals surface area contributed by atoms with Gasteiger partial charge < -0.3 is 14.4 Å². The standard InChI is InChI=1S/C23H25NO3/c1-2-22(25)24-12-10-23(26,11-13-24)16-17-3-5-18(6-4-17)19-7-8-21-20(15-19)9-14-27-21/h3-9,14-15,26H,2,10-13,16H2,1H3. The highest BCUT2D eigenvalue weighted by molar-refractivity contribution is 5.83. The second-order valence-corrected chi connectivity index (χ2v) is 7.51. The van der Waals surface area contributed by atoms with Crippen LogP contribution in [0.4, 0.5) is 0 Å². The molecule has 1 amide bonds. The normalized spacial score (nSPS) is 16.6. The maximum absolute atomic E-state index is 11.8. The minimum absolute atomic E-state index is 0.177. The summed E-state index contributed by atoms with van der Waals surface area (Å²) in [5, 5.41) is 12.0. The average molecular weight is 363 g/mol. The van der Waals surface area contributed by atoms with E-state index >= 15 is 0 Å². The number of piperidine rings is 1. The fourth-order valence-corrected chi connectivity index (χ4v) is 3.91. The number of rotatable bonds is 4. The van der Waals surface area contributed by atoms with Gasteiger partial charge in [-0.1, -0.05) is 37.3 Å². The van der Waals surface area contributed by atoms with Gasteiger partial charge >= 0.3 is 0 Å². The first-order valence-electron chi connectivity index (χ1n) is 9.63. The van der Waals surface area contributed by atoms with Crippen molar-refractivity contribution < 1.29 is 14.3 Å². The van der Waals surface area contributed by atoms with Crippen molar-refractivity contribution in [3.05, 3.63) is 60.4 Å². The summed E-state index contributed by atoms with van der Waals surface area (Å²) >= 11 is 0. The molecule has 1 fully saturated rings. The molecule has 3 aromatic rings. The van der Waals surface area contributed by atoms with Crippen LogP contribution in [0.2, 0.25) is 0 Å². The number of furan rings is 1. The summed E-state index contributed by atoms with van der Waals surface area (Å²) in [4.78, 5) is 13.7. The smallest absolute Gasteiger partial charge is 0.222 e. The Morgan fingerprint density at radius 3 is 2.48 bits per heavy atom. The van der Waals surface area contributed by atoms with Gasteiger partial charge in [0, 0.05) is 31.3 Å². The van der Waals surface area contributed by atoms with Crippen LogP contribution in [0.3, 0.4) is 0 Å². The third kappa shape index (κ3) is 3.76. The summed E-state index contributed by atoms with van der Waals surface area (Å²) in [5.74, 6) is 0.177. The van der Waals surface area contributed by atoms with Gasteiger partial charge in [-0.25, -0.2) is 0 Å². The van der Waals surface area contributed by atoms with E-state index in [1.165, 1.54) is 0 Å². The zero-order valence-electron chi connectivity index (χ0n) is 15.6. The van der Waals surface area contributed by atoms with E-state index in [0.717, 1.165) is 27.7 Å². The molecule has 0 bridgehead atoms. The number of likely N-dealkylation sites (tertiary alicyclic amines) is 1. The Bertz CT molecular complexity index is 934. The van der Waals surface area contributed by atoms with E-state index in [1.54, 1.807) is 6.26 Å². The molecule has 0 atom stereocenters. The molecule has 2 heterocycles. The van der Waals surface area contributed by atoms with Gasteiger partial charge in [0.2, 0.25) is 5.91 Å². The van der Waals surface area contributed by atoms with Crippen LogP contribution in [0.5, 0.6) is 0 Å². The summed E-state index contributed by atoms with van der Waals surface area (Å²) in [6.07, 6.45) is 4.14. The van der Waals surface area contributed by atoms with E-state index in [1.807, 2.05) is 24.0 Å². The lowest BCUT2D eigenvalue weighted by Crippen LogP contribution is -2.47. The lowest BCUT2D eigenvalue weighted by molar-refractivity contribution is -0.135. The second-order valence-electron chi connectivity index (χ2n) is 7.51. The van der Waals surface area contributed by atoms with E-state index in [0.29, 0.717) is 38.8 Å². The molecule has 0 spiro atoms. The van der Waals surface area contributed by atoms with Crippen molar-refractivity contribution in [1.82, 2.24) is 4.90 Å². The zero-order chi connectivity index (χ0) is 18.9. The van der Waals surface area contributed by atoms with Crippen LogP contribution in [0.15, 0.2) is 59.2 Å². The highest BCUT2D eigenvalue weighted by Crippen LogP contribution is 2.29. The molecule has 1 N–H and O–H groups in total. The summed E-state index contributed by atoms with van der Waals surface area (Å²) in [6, 6.07) is 16.6. The summed E-state index contributed by atoms with van der Waals surface area (Å²) in [6.45, 7) is 3.17. The molecule has 0 unspecified atom stereocenters. The highest BCUT2D eigenvalue weighted by Gasteiger charge is 2.33. The number of fused-ring (bicyclic) bond motifs is 1. The molecule has 0 saturated carbocycles. The number of amides is 1. The van der Waals surface area contributed by atoms with Crippen LogP contribution in [-0.2, 0) is 11.2 Å². The fraction of sp³-hybridized carbons (Fsp3) is 0.348. The van der Waals surface area contributed by atoms with Crippen molar-refractivity contribution in [3.63, 3.8) is 0 Å². The van der Waals surface area contributed by atoms with E-state index < -0.39 is 5.60 Å². The summed E-state index contributed by atoms with van der Waals surface area (Å²) in [5.41, 5.74) is 3.60. The first-order chi connectivity index (χ1) is 13.1. The topological polar surface area (TPSA) is 53.7 Å². The number of carbonyl (C=O) groups is 1. The van der Waals surface area contributed by atoms with Crippen LogP contribution >= 0.6 is 0 Å². The van der Waals surface area contributed by atoms with Crippen LogP contribution in [-0.4, -0.2) is 34.6 Å². The number of hydrogen-bond donors (Lipinski definition) is 1. The van der Waals surface area contributed by atoms with Gasteiger partial charge in [0.25, 0.3) is 0 Å². The maximum atomic E-state index is 11.8. The Morgan fingerprint density at radius 2 is 1.78 bits per heavy atom. The first-order valence-corrected chi connectivity index (χ1v) is 9.63. The number of hydrogen-bond acceptors (Lipinski definition) is 3. The quantitative estimate of drug-likeness (QED) is 0.747. The Balaban J connectivity index is 1.44. The van der Waals surface area contributed by atoms with Gasteiger partial charge in [0.05, 0.1) is 11.9 Å². The molecule has 0 radical (unpaired) electrons. The van der Waals surface area contributed by atoms with Crippen molar-refractivity contribution in [1.29, 1.82) is 0 Å². The Morgan fingerprint density at radius 1 is 1.07 bits per heavy atom. The second kappa shape index (κ2) is 7.20. The minimum atomic E-state index is -0.720. The zero-order valence-corrected chi connectivity index (χ0v) is 15.6. The molecule has 0 aliphatic carbocycles.